The van der Waals surface area contributed by atoms with Crippen molar-refractivity contribution >= 4 is 154 Å². The summed E-state index contributed by atoms with van der Waals surface area (Å²) in [5, 5.41) is 85.6. The van der Waals surface area contributed by atoms with E-state index in [1.807, 2.05) is 0 Å². The van der Waals surface area contributed by atoms with Crippen molar-refractivity contribution in [3.8, 4) is 0 Å². The summed E-state index contributed by atoms with van der Waals surface area (Å²) < 4.78 is 32.9. The van der Waals surface area contributed by atoms with Crippen LogP contribution >= 0.6 is 25.3 Å². The van der Waals surface area contributed by atoms with Crippen LogP contribution in [0.3, 0.4) is 0 Å². The zero-order valence-electron chi connectivity index (χ0n) is 80.2. The first kappa shape index (κ1) is 119. The van der Waals surface area contributed by atoms with E-state index < -0.39 is 217 Å². The monoisotopic (exact) mass is 2020 g/mol. The molecule has 14 amide bonds. The van der Waals surface area contributed by atoms with Crippen molar-refractivity contribution in [1.82, 2.24) is 99.7 Å². The van der Waals surface area contributed by atoms with Crippen molar-refractivity contribution in [3.63, 3.8) is 0 Å². The summed E-state index contributed by atoms with van der Waals surface area (Å²) in [6.07, 6.45) is 1.95. The molecule has 0 radical (unpaired) electrons. The molecular weight excluding hydrogens is 1890 g/mol. The quantitative estimate of drug-likeness (QED) is 0.00763. The number of H-pyrrole nitrogens is 3. The lowest BCUT2D eigenvalue weighted by Gasteiger charge is -2.29. The SMILES string of the molecule is CC(C)C[C@H](NC(=O)[C@H](Cc1c[nH]cn1)NC(=O)[C@H](Cc1c[nH]c2ccccc12)NC(=O)[C@H](C)NC(=O)[C@H](CS)NC(=O)[C@H](CC(=O)O)NC(=O)CCOCCOCCOCCOCCOCCOCCNC(=O)[C@H](N)CCCNC(=N)N)C(=O)NCC(=O)N[C@@H](CCC(=O)O)C(=O)N[C@@H](CC(C)C)C(=O)N[C@H](C(=O)N[C@@H](Cc1c[nH]c2ccccc12)C(=O)N[C@@H](CS)C(=O)N[C@H](C(=O)O)[C@@H](C)O)C(C)C. The number of hydrogen-bond donors (Lipinski definition) is 27. The molecule has 0 unspecified atom stereocenters. The van der Waals surface area contributed by atoms with Crippen molar-refractivity contribution in [3.05, 3.63) is 90.3 Å². The average molecular weight is 2020 g/mol. The lowest BCUT2D eigenvalue weighted by atomic mass is 9.98. The number of aromatic amines is 3. The van der Waals surface area contributed by atoms with Gasteiger partial charge in [-0.3, -0.25) is 82.1 Å². The molecule has 51 heteroatoms. The highest BCUT2D eigenvalue weighted by Crippen LogP contribution is 2.23. The predicted molar refractivity (Wildman–Crippen MR) is 518 cm³/mol. The summed E-state index contributed by atoms with van der Waals surface area (Å²) in [6, 6.07) is -5.35. The summed E-state index contributed by atoms with van der Waals surface area (Å²) in [5.74, 6) is -19.7. The summed E-state index contributed by atoms with van der Waals surface area (Å²) in [6.45, 7) is 14.9. The van der Waals surface area contributed by atoms with Crippen LogP contribution in [0, 0.1) is 23.2 Å². The molecule has 0 saturated heterocycles. The summed E-state index contributed by atoms with van der Waals surface area (Å²) in [7, 11) is 0. The van der Waals surface area contributed by atoms with Gasteiger partial charge in [-0.25, -0.2) is 9.78 Å². The molecule has 0 spiro atoms. The van der Waals surface area contributed by atoms with Crippen LogP contribution in [-0.2, 0) is 129 Å². The number of thiol groups is 2. The molecule has 0 fully saturated rings. The molecule has 782 valence electrons. The Labute approximate surface area is 825 Å². The molecule has 49 nitrogen and oxygen atoms in total. The minimum atomic E-state index is -1.76. The Morgan fingerprint density at radius 3 is 1.31 bits per heavy atom. The fraction of sp³-hybridized carbons (Fsp3) is 0.589. The number of carboxylic acid groups (broad SMARTS) is 3. The van der Waals surface area contributed by atoms with Crippen molar-refractivity contribution < 1.29 is 130 Å². The van der Waals surface area contributed by atoms with E-state index in [1.165, 1.54) is 19.4 Å². The van der Waals surface area contributed by atoms with E-state index in [4.69, 9.17) is 45.3 Å². The molecule has 27 N–H and O–H groups in total. The normalized spacial score (nSPS) is 14.3. The number of aliphatic carboxylic acids is 3. The number of amides is 14. The van der Waals surface area contributed by atoms with Gasteiger partial charge in [0.2, 0.25) is 82.7 Å². The maximum atomic E-state index is 14.9. The second-order valence-electron chi connectivity index (χ2n) is 34.3. The largest absolute Gasteiger partial charge is 0.481 e. The second kappa shape index (κ2) is 63.9. The third-order valence-corrected chi connectivity index (χ3v) is 22.1. The number of aliphatic hydroxyl groups excluding tert-OH is 1. The number of carbonyl (C=O) groups excluding carboxylic acids is 14. The molecule has 2 aromatic carbocycles. The molecule has 0 aliphatic heterocycles. The first-order valence-electron chi connectivity index (χ1n) is 46.2. The number of nitrogens with two attached hydrogens (primary N) is 2. The van der Waals surface area contributed by atoms with Gasteiger partial charge < -0.3 is 155 Å². The van der Waals surface area contributed by atoms with Crippen molar-refractivity contribution in [2.45, 2.75) is 211 Å². The van der Waals surface area contributed by atoms with E-state index in [-0.39, 0.29) is 126 Å². The average Bonchev–Trinajstić information content (AvgIpc) is 1.68. The number of carboxylic acids is 3. The topological polar surface area (TPSA) is 743 Å². The third kappa shape index (κ3) is 44.8. The number of rotatable bonds is 71. The number of imidazole rings is 1. The van der Waals surface area contributed by atoms with Gasteiger partial charge in [0.25, 0.3) is 0 Å². The number of hydrogen-bond acceptors (Lipinski definition) is 29. The lowest BCUT2D eigenvalue weighted by Crippen LogP contribution is -2.61. The van der Waals surface area contributed by atoms with Gasteiger partial charge in [0.1, 0.15) is 66.5 Å². The molecule has 141 heavy (non-hydrogen) atoms. The number of guanidine groups is 1. The Bertz CT molecular complexity index is 4890. The molecule has 0 aliphatic carbocycles. The molecule has 0 saturated carbocycles. The fourth-order valence-corrected chi connectivity index (χ4v) is 14.5. The summed E-state index contributed by atoms with van der Waals surface area (Å²) in [5.41, 5.74) is 13.7. The number of para-hydroxylation sites is 2. The Kier molecular flexibility index (Phi) is 53.9. The van der Waals surface area contributed by atoms with Gasteiger partial charge in [0, 0.05) is 97.1 Å². The van der Waals surface area contributed by atoms with Crippen LogP contribution in [0.1, 0.15) is 124 Å². The zero-order chi connectivity index (χ0) is 104. The Balaban J connectivity index is 1.17. The molecule has 3 aromatic heterocycles. The molecule has 14 atom stereocenters. The van der Waals surface area contributed by atoms with Crippen LogP contribution in [0.15, 0.2) is 73.4 Å². The van der Waals surface area contributed by atoms with Gasteiger partial charge in [0.15, 0.2) is 12.0 Å². The maximum absolute atomic E-state index is 14.9. The first-order valence-corrected chi connectivity index (χ1v) is 47.5. The smallest absolute Gasteiger partial charge is 0.328 e. The van der Waals surface area contributed by atoms with Crippen LogP contribution in [0.5, 0.6) is 0 Å². The Morgan fingerprint density at radius 1 is 0.418 bits per heavy atom. The van der Waals surface area contributed by atoms with E-state index in [2.05, 4.69) is 125 Å². The number of nitrogens with one attached hydrogen (secondary N) is 19. The van der Waals surface area contributed by atoms with Gasteiger partial charge in [-0.2, -0.15) is 25.3 Å². The number of fused-ring (bicyclic) bond motifs is 2. The molecule has 0 bridgehead atoms. The molecular formula is C90H138N22O27S2. The van der Waals surface area contributed by atoms with Crippen molar-refractivity contribution in [2.75, 3.05) is 110 Å². The van der Waals surface area contributed by atoms with Crippen molar-refractivity contribution in [2.24, 2.45) is 29.2 Å². The van der Waals surface area contributed by atoms with E-state index in [0.717, 1.165) is 6.92 Å². The van der Waals surface area contributed by atoms with Crippen LogP contribution in [-0.4, -0.2) is 342 Å². The Hall–Kier alpha value is -12.6. The van der Waals surface area contributed by atoms with Gasteiger partial charge in [-0.05, 0) is 87.0 Å². The maximum Gasteiger partial charge on any atom is 0.328 e. The minimum absolute atomic E-state index is 0.0628. The van der Waals surface area contributed by atoms with Crippen molar-refractivity contribution in [1.29, 1.82) is 5.41 Å². The predicted octanol–water partition coefficient (Wildman–Crippen LogP) is -4.04. The van der Waals surface area contributed by atoms with E-state index in [1.54, 1.807) is 102 Å². The number of aliphatic hydroxyl groups is 1. The minimum Gasteiger partial charge on any atom is -0.481 e. The Morgan fingerprint density at radius 2 is 0.844 bits per heavy atom. The molecule has 5 rings (SSSR count). The van der Waals surface area contributed by atoms with Crippen LogP contribution in [0.4, 0.5) is 0 Å². The van der Waals surface area contributed by atoms with Gasteiger partial charge in [-0.1, -0.05) is 77.9 Å². The summed E-state index contributed by atoms with van der Waals surface area (Å²) >= 11 is 8.42. The number of nitrogens with zero attached hydrogens (tertiary/aromatic N) is 1. The molecule has 3 heterocycles. The van der Waals surface area contributed by atoms with Gasteiger partial charge in [0.05, 0.1) is 116 Å². The van der Waals surface area contributed by atoms with Crippen LogP contribution < -0.4 is 91.2 Å². The van der Waals surface area contributed by atoms with E-state index >= 15 is 0 Å². The highest BCUT2D eigenvalue weighted by Gasteiger charge is 2.39. The third-order valence-electron chi connectivity index (χ3n) is 21.4. The van der Waals surface area contributed by atoms with Crippen LogP contribution in [0.2, 0.25) is 0 Å². The van der Waals surface area contributed by atoms with E-state index in [9.17, 15) is 102 Å². The molecule has 0 aliphatic rings. The highest BCUT2D eigenvalue weighted by atomic mass is 32.1. The van der Waals surface area contributed by atoms with E-state index in [0.29, 0.717) is 85.4 Å². The first-order chi connectivity index (χ1) is 67.1. The number of aromatic nitrogens is 4. The second-order valence-corrected chi connectivity index (χ2v) is 35.0. The van der Waals surface area contributed by atoms with Gasteiger partial charge in [-0.15, -0.1) is 0 Å². The lowest BCUT2D eigenvalue weighted by molar-refractivity contribution is -0.145. The number of benzene rings is 2. The van der Waals surface area contributed by atoms with Gasteiger partial charge >= 0.3 is 17.9 Å². The fourth-order valence-electron chi connectivity index (χ4n) is 13.9. The number of carbonyl (C=O) groups is 17. The van der Waals surface area contributed by atoms with Crippen LogP contribution in [0.25, 0.3) is 21.8 Å². The molecule has 5 aromatic rings. The highest BCUT2D eigenvalue weighted by molar-refractivity contribution is 7.80. The summed E-state index contributed by atoms with van der Waals surface area (Å²) in [4.78, 5) is 245. The number of ether oxygens (including phenoxy) is 6. The standard InChI is InChI=1S/C90H138N22O27S2/c1-49(2)36-63(79(122)99-45-72(115)102-62(19-20-73(116)117)80(123)106-64(37-50(3)4)85(128)111-75(51(5)6)88(131)108-66(39-55-43-98-61-18-12-10-15-58(55)61)82(125)110-70(47-141)87(130)112-76(53(8)113)89(132)133)105-83(126)67(40-56-44-94-48-100-56)107-81(124)65(38-54-42-97-60-17-11-9-14-57(54)60)104-77(120)52(7)101-86(129)69(46-140)109-84(127)68(41-74(118)119)103-71(114)21-24-134-26-28-136-30-32-138-34-35-139-33-31-137-29-27-135-25-23-95-78(121)59(91)16-13-22-96-90(92)93/h9-12,14-15,17-18,42-44,48-53,59,62-70,75-76,97-98,113,140-141H,13,16,19-41,45-47,91H2,1-8H3,(H,94,100)(H,95,121)(H,99,122)(H,101,129)(H,102,115)(H,103,114)(H,104,120)(H,105,126)(H,106,123)(H,107,124)(H,108,131)(H,109,127)(H,110,125)(H,111,128)(H,112,130)(H,116,117)(H,118,119)(H,132,133)(H4,92,93,96)/t52-,53+,59+,62-,63-,64-,65-,66-,67-,68-,69-,70-,75-,76-/m0/s1. The zero-order valence-corrected chi connectivity index (χ0v) is 82.0.